The average Bonchev–Trinajstić information content (AvgIpc) is 3.32. The van der Waals surface area contributed by atoms with Gasteiger partial charge in [0.05, 0.1) is 25.6 Å². The molecular formula is C48H69N7O17. The summed E-state index contributed by atoms with van der Waals surface area (Å²) in [6.07, 6.45) is 2.80. The van der Waals surface area contributed by atoms with Gasteiger partial charge in [-0.25, -0.2) is 4.79 Å². The first-order chi connectivity index (χ1) is 33.8. The number of aliphatic carboxylic acids is 4. The molecule has 12 N–H and O–H groups in total. The van der Waals surface area contributed by atoms with E-state index in [1.54, 1.807) is 52.0 Å². The van der Waals surface area contributed by atoms with Crippen molar-refractivity contribution >= 4 is 70.9 Å². The first-order valence-corrected chi connectivity index (χ1v) is 23.6. The van der Waals surface area contributed by atoms with Crippen molar-refractivity contribution in [2.45, 2.75) is 147 Å². The van der Waals surface area contributed by atoms with Crippen LogP contribution >= 0.6 is 0 Å². The highest BCUT2D eigenvalue weighted by molar-refractivity contribution is 6.64. The van der Waals surface area contributed by atoms with Crippen molar-refractivity contribution < 1.29 is 82.7 Å². The van der Waals surface area contributed by atoms with E-state index in [2.05, 4.69) is 38.5 Å². The van der Waals surface area contributed by atoms with Crippen LogP contribution in [0.1, 0.15) is 104 Å². The Morgan fingerprint density at radius 2 is 1.21 bits per heavy atom. The fourth-order valence-electron chi connectivity index (χ4n) is 7.88. The Morgan fingerprint density at radius 3 is 1.72 bits per heavy atom. The molecule has 0 radical (unpaired) electrons. The molecule has 0 saturated heterocycles. The lowest BCUT2D eigenvalue weighted by molar-refractivity contribution is -0.155. The van der Waals surface area contributed by atoms with E-state index in [9.17, 15) is 72.9 Å². The molecule has 1 saturated carbocycles. The minimum atomic E-state index is -2.25. The topological polar surface area (TPSA) is 393 Å². The molecule has 24 nitrogen and oxygen atoms in total. The Morgan fingerprint density at radius 1 is 0.681 bits per heavy atom. The number of carbonyl (C=O) groups is 12. The van der Waals surface area contributed by atoms with Gasteiger partial charge >= 0.3 is 23.9 Å². The zero-order valence-corrected chi connectivity index (χ0v) is 41.1. The van der Waals surface area contributed by atoms with E-state index in [1.165, 1.54) is 13.2 Å². The number of carbonyl (C=O) groups excluding carboxylic acids is 8. The molecule has 0 heterocycles. The summed E-state index contributed by atoms with van der Waals surface area (Å²) in [5.41, 5.74) is 6.10. The molecule has 1 aliphatic rings. The number of amides is 6. The Bertz CT molecular complexity index is 2130. The standard InChI is InChI=1S/C48H69N7O17/c1-7-12-31(38(58)39(59)45(65)54-35(48(70)71)21-27-15-17-28(72-6)18-16-27)50-41(61)33(20-26-13-10-9-11-14-26)53-44(64)37(25(5)8-2)55-43(63)32(19-24(3)4)52-42(62)34(22-29(46(66)67)47(68)69)51-40(60)30(49)23-36(56)57/h7,15-18,24-26,29-35,37H,1,8-14,19-23,49H2,2-6H3,(H,50,61)(H,51,60)(H,52,62)(H,53,64)(H,54,65)(H,55,63)(H,56,57)(H,66,67)(H,68,69)(H,70,71)/t25-,30-,31?,32-,33-,34+,35-,37-/m0/s1. The van der Waals surface area contributed by atoms with Gasteiger partial charge in [0.25, 0.3) is 11.7 Å². The van der Waals surface area contributed by atoms with Gasteiger partial charge < -0.3 is 62.8 Å². The summed E-state index contributed by atoms with van der Waals surface area (Å²) in [4.78, 5) is 156. The molecule has 1 fully saturated rings. The Hall–Kier alpha value is -7.24. The van der Waals surface area contributed by atoms with Crippen LogP contribution < -0.4 is 42.4 Å². The van der Waals surface area contributed by atoms with Gasteiger partial charge in [-0.1, -0.05) is 84.4 Å². The van der Waals surface area contributed by atoms with E-state index in [-0.39, 0.29) is 43.9 Å². The van der Waals surface area contributed by atoms with E-state index in [0.29, 0.717) is 24.2 Å². The summed E-state index contributed by atoms with van der Waals surface area (Å²) in [7, 11) is 1.44. The fraction of sp³-hybridized carbons (Fsp3) is 0.583. The molecule has 0 spiro atoms. The van der Waals surface area contributed by atoms with E-state index < -0.39 is 138 Å². The van der Waals surface area contributed by atoms with E-state index in [0.717, 1.165) is 19.3 Å². The molecule has 6 amide bonds. The molecule has 0 bridgehead atoms. The highest BCUT2D eigenvalue weighted by Crippen LogP contribution is 2.28. The summed E-state index contributed by atoms with van der Waals surface area (Å²) in [5.74, 6) is -19.4. The summed E-state index contributed by atoms with van der Waals surface area (Å²) in [5, 5.41) is 52.3. The quantitative estimate of drug-likeness (QED) is 0.0257. The zero-order chi connectivity index (χ0) is 54.4. The van der Waals surface area contributed by atoms with Crippen LogP contribution in [-0.2, 0) is 64.0 Å². The summed E-state index contributed by atoms with van der Waals surface area (Å²) in [6, 6.07) is -5.07. The number of Topliss-reactive ketones (excluding diaryl/α,β-unsaturated/α-hetero) is 2. The molecule has 1 aromatic rings. The lowest BCUT2D eigenvalue weighted by Crippen LogP contribution is -2.61. The predicted molar refractivity (Wildman–Crippen MR) is 254 cm³/mol. The van der Waals surface area contributed by atoms with Crippen molar-refractivity contribution in [3.63, 3.8) is 0 Å². The molecule has 1 unspecified atom stereocenters. The molecule has 72 heavy (non-hydrogen) atoms. The van der Waals surface area contributed by atoms with Crippen LogP contribution in [-0.4, -0.2) is 141 Å². The van der Waals surface area contributed by atoms with Crippen LogP contribution in [0.2, 0.25) is 0 Å². The number of hydrogen-bond acceptors (Lipinski definition) is 14. The van der Waals surface area contributed by atoms with Crippen LogP contribution in [0.3, 0.4) is 0 Å². The molecule has 2 rings (SSSR count). The van der Waals surface area contributed by atoms with Gasteiger partial charge in [-0.15, -0.1) is 6.58 Å². The van der Waals surface area contributed by atoms with Crippen LogP contribution in [0.25, 0.3) is 0 Å². The number of hydrogen-bond donors (Lipinski definition) is 11. The van der Waals surface area contributed by atoms with Gasteiger partial charge in [-0.2, -0.15) is 0 Å². The van der Waals surface area contributed by atoms with Crippen LogP contribution in [0.4, 0.5) is 0 Å². The van der Waals surface area contributed by atoms with Crippen molar-refractivity contribution in [1.29, 1.82) is 0 Å². The first kappa shape index (κ1) is 60.9. The van der Waals surface area contributed by atoms with Gasteiger partial charge in [0, 0.05) is 12.8 Å². The zero-order valence-electron chi connectivity index (χ0n) is 41.1. The second-order valence-electron chi connectivity index (χ2n) is 18.3. The molecule has 24 heteroatoms. The van der Waals surface area contributed by atoms with Crippen molar-refractivity contribution in [3.05, 3.63) is 42.5 Å². The highest BCUT2D eigenvalue weighted by atomic mass is 16.5. The molecule has 0 aromatic heterocycles. The maximum atomic E-state index is 14.3. The van der Waals surface area contributed by atoms with Crippen molar-refractivity contribution in [3.8, 4) is 5.75 Å². The fourth-order valence-corrected chi connectivity index (χ4v) is 7.88. The number of ether oxygens (including phenoxy) is 1. The Labute approximate surface area is 416 Å². The first-order valence-electron chi connectivity index (χ1n) is 23.6. The molecule has 8 atom stereocenters. The number of nitrogens with two attached hydrogens (primary N) is 1. The number of rotatable bonds is 32. The van der Waals surface area contributed by atoms with Crippen LogP contribution in [0, 0.1) is 23.7 Å². The second kappa shape index (κ2) is 29.8. The van der Waals surface area contributed by atoms with Crippen molar-refractivity contribution in [2.75, 3.05) is 7.11 Å². The summed E-state index contributed by atoms with van der Waals surface area (Å²) in [6.45, 7) is 10.2. The predicted octanol–water partition coefficient (Wildman–Crippen LogP) is -0.0145. The monoisotopic (exact) mass is 1020 g/mol. The Kier molecular flexibility index (Phi) is 25.2. The van der Waals surface area contributed by atoms with Gasteiger partial charge in [0.1, 0.15) is 36.0 Å². The highest BCUT2D eigenvalue weighted by Gasteiger charge is 2.39. The molecule has 1 aliphatic carbocycles. The maximum Gasteiger partial charge on any atom is 0.326 e. The second-order valence-corrected chi connectivity index (χ2v) is 18.3. The Balaban J connectivity index is 2.43. The normalized spacial score (nSPS) is 15.9. The molecule has 1 aromatic carbocycles. The average molecular weight is 1020 g/mol. The SMILES string of the molecule is C=CCC(NC(=O)[C@H](CC1CCCCC1)NC(=O)[C@@H](NC(=O)[C@H](CC(C)C)NC(=O)[C@@H](CC(C(=O)O)C(=O)O)NC(=O)[C@@H](N)CC(=O)O)[C@@H](C)CC)C(=O)C(=O)C(=O)N[C@@H](Cc1ccc(OC)cc1)C(=O)O. The minimum Gasteiger partial charge on any atom is -0.497 e. The van der Waals surface area contributed by atoms with E-state index >= 15 is 0 Å². The van der Waals surface area contributed by atoms with Crippen molar-refractivity contribution in [1.82, 2.24) is 31.9 Å². The lowest BCUT2D eigenvalue weighted by Gasteiger charge is -2.31. The van der Waals surface area contributed by atoms with E-state index in [4.69, 9.17) is 15.6 Å². The van der Waals surface area contributed by atoms with Crippen molar-refractivity contribution in [2.24, 2.45) is 29.4 Å². The van der Waals surface area contributed by atoms with Crippen LogP contribution in [0.5, 0.6) is 5.75 Å². The largest absolute Gasteiger partial charge is 0.497 e. The summed E-state index contributed by atoms with van der Waals surface area (Å²) < 4.78 is 5.10. The van der Waals surface area contributed by atoms with Gasteiger partial charge in [0.15, 0.2) is 5.92 Å². The third-order valence-corrected chi connectivity index (χ3v) is 12.2. The number of benzene rings is 1. The number of ketones is 2. The van der Waals surface area contributed by atoms with Gasteiger partial charge in [-0.3, -0.25) is 52.7 Å². The smallest absolute Gasteiger partial charge is 0.326 e. The number of methoxy groups -OCH3 is 1. The number of nitrogens with one attached hydrogen (secondary N) is 6. The lowest BCUT2D eigenvalue weighted by atomic mass is 9.84. The third-order valence-electron chi connectivity index (χ3n) is 12.2. The molecule has 0 aliphatic heterocycles. The molecular weight excluding hydrogens is 947 g/mol. The number of carboxylic acids is 4. The third kappa shape index (κ3) is 19.9. The maximum absolute atomic E-state index is 14.3. The summed E-state index contributed by atoms with van der Waals surface area (Å²) >= 11 is 0. The van der Waals surface area contributed by atoms with Gasteiger partial charge in [0.2, 0.25) is 35.3 Å². The molecule has 398 valence electrons. The van der Waals surface area contributed by atoms with Gasteiger partial charge in [-0.05, 0) is 54.7 Å². The van der Waals surface area contributed by atoms with Crippen LogP contribution in [0.15, 0.2) is 36.9 Å². The minimum absolute atomic E-state index is 0.0524. The van der Waals surface area contributed by atoms with E-state index in [1.807, 2.05) is 0 Å². The number of carboxylic acid groups (broad SMARTS) is 4.